The van der Waals surface area contributed by atoms with Crippen LogP contribution in [0.4, 0.5) is 0 Å². The molecule has 0 bridgehead atoms. The second-order valence-electron chi connectivity index (χ2n) is 5.56. The van der Waals surface area contributed by atoms with Crippen molar-refractivity contribution in [1.82, 2.24) is 10.2 Å². The smallest absolute Gasteiger partial charge is 0.326 e. The predicted octanol–water partition coefficient (Wildman–Crippen LogP) is 0.587. The third kappa shape index (κ3) is 9.70. The van der Waals surface area contributed by atoms with E-state index in [2.05, 4.69) is 10.2 Å². The summed E-state index contributed by atoms with van der Waals surface area (Å²) in [7, 11) is 3.31. The molecular formula is C15H30N2O5. The molecule has 0 saturated carbocycles. The molecule has 7 heteroatoms. The summed E-state index contributed by atoms with van der Waals surface area (Å²) in [6.07, 6.45) is 0.983. The van der Waals surface area contributed by atoms with Gasteiger partial charge < -0.3 is 19.9 Å². The second kappa shape index (κ2) is 12.4. The maximum absolute atomic E-state index is 11.8. The zero-order valence-electron chi connectivity index (χ0n) is 14.1. The molecule has 0 aromatic rings. The zero-order chi connectivity index (χ0) is 17.0. The van der Waals surface area contributed by atoms with E-state index >= 15 is 0 Å². The molecule has 0 aromatic heterocycles. The van der Waals surface area contributed by atoms with Crippen LogP contribution in [-0.4, -0.2) is 75.0 Å². The highest BCUT2D eigenvalue weighted by Gasteiger charge is 2.23. The van der Waals surface area contributed by atoms with Gasteiger partial charge in [0.15, 0.2) is 0 Å². The Morgan fingerprint density at radius 2 is 1.64 bits per heavy atom. The van der Waals surface area contributed by atoms with Crippen molar-refractivity contribution in [2.45, 2.75) is 32.7 Å². The van der Waals surface area contributed by atoms with E-state index in [1.807, 2.05) is 0 Å². The molecule has 0 aromatic carbocycles. The van der Waals surface area contributed by atoms with Crippen LogP contribution in [-0.2, 0) is 19.1 Å². The van der Waals surface area contributed by atoms with Gasteiger partial charge in [-0.3, -0.25) is 9.69 Å². The Morgan fingerprint density at radius 3 is 2.05 bits per heavy atom. The van der Waals surface area contributed by atoms with E-state index in [0.29, 0.717) is 26.1 Å². The fourth-order valence-corrected chi connectivity index (χ4v) is 2.00. The maximum atomic E-state index is 11.8. The Kier molecular flexibility index (Phi) is 11.7. The number of nitrogens with zero attached hydrogens (tertiary/aromatic N) is 1. The molecule has 1 atom stereocenters. The third-order valence-corrected chi connectivity index (χ3v) is 3.35. The molecule has 0 aliphatic heterocycles. The van der Waals surface area contributed by atoms with Crippen molar-refractivity contribution < 1.29 is 24.2 Å². The minimum atomic E-state index is -0.995. The molecule has 130 valence electrons. The fraction of sp³-hybridized carbons (Fsp3) is 0.867. The molecule has 1 unspecified atom stereocenters. The van der Waals surface area contributed by atoms with Crippen molar-refractivity contribution in [1.29, 1.82) is 0 Å². The Balaban J connectivity index is 4.12. The summed E-state index contributed by atoms with van der Waals surface area (Å²) in [5.74, 6) is -1.36. The van der Waals surface area contributed by atoms with Gasteiger partial charge in [-0.05, 0) is 18.9 Å². The van der Waals surface area contributed by atoms with Crippen molar-refractivity contribution in [3.63, 3.8) is 0 Å². The predicted molar refractivity (Wildman–Crippen MR) is 83.8 cm³/mol. The first-order valence-electron chi connectivity index (χ1n) is 7.64. The lowest BCUT2D eigenvalue weighted by molar-refractivity contribution is -0.143. The quantitative estimate of drug-likeness (QED) is 0.517. The van der Waals surface area contributed by atoms with Crippen LogP contribution in [0, 0.1) is 5.92 Å². The van der Waals surface area contributed by atoms with E-state index < -0.39 is 12.0 Å². The summed E-state index contributed by atoms with van der Waals surface area (Å²) in [6.45, 7) is 7.12. The molecule has 0 spiro atoms. The minimum absolute atomic E-state index is 0.138. The number of carboxylic acids is 1. The molecule has 0 aliphatic rings. The Morgan fingerprint density at radius 1 is 1.09 bits per heavy atom. The summed E-state index contributed by atoms with van der Waals surface area (Å²) in [5.41, 5.74) is 0. The number of ether oxygens (including phenoxy) is 2. The summed E-state index contributed by atoms with van der Waals surface area (Å²) in [5, 5.41) is 11.6. The largest absolute Gasteiger partial charge is 0.480 e. The van der Waals surface area contributed by atoms with Gasteiger partial charge in [0.1, 0.15) is 6.04 Å². The number of rotatable bonds is 13. The number of aliphatic carboxylic acids is 1. The molecule has 0 heterocycles. The van der Waals surface area contributed by atoms with E-state index in [0.717, 1.165) is 19.6 Å². The highest BCUT2D eigenvalue weighted by molar-refractivity contribution is 5.83. The van der Waals surface area contributed by atoms with Gasteiger partial charge in [-0.2, -0.15) is 0 Å². The number of methoxy groups -OCH3 is 2. The molecule has 0 radical (unpaired) electrons. The molecule has 0 fully saturated rings. The molecule has 0 rings (SSSR count). The Bertz CT molecular complexity index is 315. The lowest BCUT2D eigenvalue weighted by atomic mass is 10.0. The van der Waals surface area contributed by atoms with Crippen molar-refractivity contribution in [3.05, 3.63) is 0 Å². The van der Waals surface area contributed by atoms with E-state index in [-0.39, 0.29) is 11.8 Å². The van der Waals surface area contributed by atoms with E-state index in [4.69, 9.17) is 14.6 Å². The summed E-state index contributed by atoms with van der Waals surface area (Å²) >= 11 is 0. The maximum Gasteiger partial charge on any atom is 0.326 e. The molecule has 1 amide bonds. The molecule has 7 nitrogen and oxygen atoms in total. The van der Waals surface area contributed by atoms with E-state index in [1.54, 1.807) is 28.1 Å². The van der Waals surface area contributed by atoms with Crippen LogP contribution in [0.25, 0.3) is 0 Å². The number of hydrogen-bond acceptors (Lipinski definition) is 5. The first-order valence-corrected chi connectivity index (χ1v) is 7.64. The van der Waals surface area contributed by atoms with Crippen LogP contribution in [0.3, 0.4) is 0 Å². The van der Waals surface area contributed by atoms with Gasteiger partial charge in [-0.15, -0.1) is 0 Å². The van der Waals surface area contributed by atoms with Gasteiger partial charge in [0.2, 0.25) is 5.91 Å². The van der Waals surface area contributed by atoms with Crippen molar-refractivity contribution in [2.24, 2.45) is 5.92 Å². The van der Waals surface area contributed by atoms with Crippen molar-refractivity contribution in [2.75, 3.05) is 47.1 Å². The van der Waals surface area contributed by atoms with Gasteiger partial charge >= 0.3 is 5.97 Å². The van der Waals surface area contributed by atoms with Crippen LogP contribution in [0.1, 0.15) is 26.7 Å². The zero-order valence-corrected chi connectivity index (χ0v) is 14.1. The van der Waals surface area contributed by atoms with Crippen LogP contribution in [0.15, 0.2) is 0 Å². The monoisotopic (exact) mass is 318 g/mol. The molecule has 0 aliphatic carbocycles. The summed E-state index contributed by atoms with van der Waals surface area (Å²) in [6, 6.07) is -0.828. The van der Waals surface area contributed by atoms with Crippen molar-refractivity contribution in [3.8, 4) is 0 Å². The van der Waals surface area contributed by atoms with E-state index in [9.17, 15) is 9.59 Å². The highest BCUT2D eigenvalue weighted by atomic mass is 16.5. The van der Waals surface area contributed by atoms with Crippen molar-refractivity contribution >= 4 is 11.9 Å². The lowest BCUT2D eigenvalue weighted by Crippen LogP contribution is -2.44. The highest BCUT2D eigenvalue weighted by Crippen LogP contribution is 2.03. The number of nitrogens with one attached hydrogen (secondary N) is 1. The van der Waals surface area contributed by atoms with Crippen LogP contribution >= 0.6 is 0 Å². The standard InChI is InChI=1S/C15H30N2O5/c1-12(2)14(15(19)20)16-13(18)6-5-7-17(8-10-21-3)9-11-22-4/h12,14H,5-11H2,1-4H3,(H,16,18)(H,19,20). The molecule has 2 N–H and O–H groups in total. The number of carbonyl (C=O) groups excluding carboxylic acids is 1. The number of amides is 1. The molecule has 0 saturated heterocycles. The summed E-state index contributed by atoms with van der Waals surface area (Å²) in [4.78, 5) is 25.0. The van der Waals surface area contributed by atoms with Gasteiger partial charge in [-0.1, -0.05) is 13.8 Å². The van der Waals surface area contributed by atoms with Crippen LogP contribution in [0.5, 0.6) is 0 Å². The average molecular weight is 318 g/mol. The van der Waals surface area contributed by atoms with Gasteiger partial charge in [0, 0.05) is 33.7 Å². The topological polar surface area (TPSA) is 88.1 Å². The first-order chi connectivity index (χ1) is 10.4. The van der Waals surface area contributed by atoms with Crippen LogP contribution < -0.4 is 5.32 Å². The number of hydrogen-bond donors (Lipinski definition) is 2. The third-order valence-electron chi connectivity index (χ3n) is 3.35. The lowest BCUT2D eigenvalue weighted by Gasteiger charge is -2.22. The minimum Gasteiger partial charge on any atom is -0.480 e. The number of carbonyl (C=O) groups is 2. The number of carboxylic acid groups (broad SMARTS) is 1. The fourth-order valence-electron chi connectivity index (χ4n) is 2.00. The normalized spacial score (nSPS) is 12.6. The van der Waals surface area contributed by atoms with Gasteiger partial charge in [0.25, 0.3) is 0 Å². The SMILES string of the molecule is COCCN(CCCC(=O)NC(C(=O)O)C(C)C)CCOC. The van der Waals surface area contributed by atoms with E-state index in [1.165, 1.54) is 0 Å². The Hall–Kier alpha value is -1.18. The Labute approximate surface area is 133 Å². The first kappa shape index (κ1) is 20.8. The molecule has 22 heavy (non-hydrogen) atoms. The average Bonchev–Trinajstić information content (AvgIpc) is 2.46. The second-order valence-corrected chi connectivity index (χ2v) is 5.56. The van der Waals surface area contributed by atoms with Gasteiger partial charge in [0.05, 0.1) is 13.2 Å². The van der Waals surface area contributed by atoms with Gasteiger partial charge in [-0.25, -0.2) is 4.79 Å². The summed E-state index contributed by atoms with van der Waals surface area (Å²) < 4.78 is 10.1. The van der Waals surface area contributed by atoms with Crippen LogP contribution in [0.2, 0.25) is 0 Å². The molecular weight excluding hydrogens is 288 g/mol.